The van der Waals surface area contributed by atoms with Gasteiger partial charge in [-0.25, -0.2) is 0 Å². The zero-order chi connectivity index (χ0) is 29.4. The molecule has 9 nitrogen and oxygen atoms in total. The van der Waals surface area contributed by atoms with Crippen molar-refractivity contribution in [2.75, 3.05) is 31.8 Å². The predicted octanol–water partition coefficient (Wildman–Crippen LogP) is 3.44. The van der Waals surface area contributed by atoms with Crippen molar-refractivity contribution in [3.8, 4) is 5.75 Å². The highest BCUT2D eigenvalue weighted by Crippen LogP contribution is 2.64. The number of amides is 2. The minimum atomic E-state index is -1.28. The van der Waals surface area contributed by atoms with E-state index in [0.29, 0.717) is 29.8 Å². The van der Waals surface area contributed by atoms with E-state index in [-0.39, 0.29) is 19.1 Å². The quantitative estimate of drug-likeness (QED) is 0.332. The lowest BCUT2D eigenvalue weighted by molar-refractivity contribution is -0.159. The maximum atomic E-state index is 14.7. The number of hydrogen-bond donors (Lipinski definition) is 1. The van der Waals surface area contributed by atoms with Crippen molar-refractivity contribution in [3.05, 3.63) is 85.5 Å². The summed E-state index contributed by atoms with van der Waals surface area (Å²) in [5, 5.41) is 10.7. The van der Waals surface area contributed by atoms with Crippen LogP contribution in [0.15, 0.2) is 79.9 Å². The van der Waals surface area contributed by atoms with Gasteiger partial charge in [0.2, 0.25) is 5.91 Å². The average Bonchev–Trinajstić information content (AvgIpc) is 3.56. The molecule has 2 bridgehead atoms. The van der Waals surface area contributed by atoms with E-state index >= 15 is 0 Å². The Morgan fingerprint density at radius 3 is 2.46 bits per heavy atom. The normalized spacial score (nSPS) is 28.6. The molecule has 3 aliphatic rings. The van der Waals surface area contributed by atoms with Crippen molar-refractivity contribution in [3.63, 3.8) is 0 Å². The first-order valence-corrected chi connectivity index (χ1v) is 13.8. The van der Waals surface area contributed by atoms with Crippen molar-refractivity contribution in [2.45, 2.75) is 43.1 Å². The Kier molecular flexibility index (Phi) is 7.76. The molecule has 3 fully saturated rings. The summed E-state index contributed by atoms with van der Waals surface area (Å²) in [7, 11) is 1.56. The SMILES string of the molecule is C=CCOC(=O)[C@H]1[C@H]2C(=O)N([C@H](CO)c3ccccc3)C(C(=O)N(CC=C)c3ccc(OC)cc3)C23CC[C@]1(C)O3. The van der Waals surface area contributed by atoms with Crippen LogP contribution in [0.5, 0.6) is 5.75 Å². The summed E-state index contributed by atoms with van der Waals surface area (Å²) in [5.41, 5.74) is -1.00. The summed E-state index contributed by atoms with van der Waals surface area (Å²) >= 11 is 0. The van der Waals surface area contributed by atoms with Crippen LogP contribution in [0, 0.1) is 11.8 Å². The fourth-order valence-electron chi connectivity index (χ4n) is 6.96. The van der Waals surface area contributed by atoms with Crippen LogP contribution in [0.2, 0.25) is 0 Å². The van der Waals surface area contributed by atoms with Crippen molar-refractivity contribution >= 4 is 23.5 Å². The van der Waals surface area contributed by atoms with Crippen molar-refractivity contribution < 1.29 is 33.7 Å². The Balaban J connectivity index is 1.65. The standard InChI is InChI=1S/C32H36N2O7/c1-5-18-33(22-12-14-23(39-4)15-13-22)29(37)27-32-17-16-31(3,41-32)26(30(38)40-19-6-2)25(32)28(36)34(27)24(20-35)21-10-8-7-9-11-21/h5-15,24-27,35H,1-2,16-20H2,3-4H3/t24-,25+,26-,27?,31+,32?/m1/s1. The average molecular weight is 561 g/mol. The lowest BCUT2D eigenvalue weighted by atomic mass is 9.66. The Morgan fingerprint density at radius 2 is 1.85 bits per heavy atom. The fourth-order valence-corrected chi connectivity index (χ4v) is 6.96. The number of methoxy groups -OCH3 is 1. The van der Waals surface area contributed by atoms with Crippen LogP contribution >= 0.6 is 0 Å². The number of carbonyl (C=O) groups excluding carboxylic acids is 3. The molecular weight excluding hydrogens is 524 g/mol. The molecule has 1 N–H and O–H groups in total. The van der Waals surface area contributed by atoms with Gasteiger partial charge in [0, 0.05) is 12.2 Å². The molecule has 6 atom stereocenters. The zero-order valence-corrected chi connectivity index (χ0v) is 23.4. The molecule has 0 aromatic heterocycles. The molecule has 3 saturated heterocycles. The summed E-state index contributed by atoms with van der Waals surface area (Å²) in [4.78, 5) is 45.6. The third kappa shape index (κ3) is 4.53. The van der Waals surface area contributed by atoms with Gasteiger partial charge in [-0.1, -0.05) is 49.1 Å². The first-order chi connectivity index (χ1) is 19.8. The summed E-state index contributed by atoms with van der Waals surface area (Å²) in [6, 6.07) is 14.2. The number of rotatable bonds is 11. The molecule has 0 saturated carbocycles. The molecule has 9 heteroatoms. The number of anilines is 1. The summed E-state index contributed by atoms with van der Waals surface area (Å²) in [5.74, 6) is -2.58. The van der Waals surface area contributed by atoms with Crippen LogP contribution in [0.3, 0.4) is 0 Å². The van der Waals surface area contributed by atoms with E-state index in [0.717, 1.165) is 0 Å². The molecule has 2 aromatic rings. The third-order valence-electron chi connectivity index (χ3n) is 8.70. The number of likely N-dealkylation sites (tertiary alicyclic amines) is 1. The summed E-state index contributed by atoms with van der Waals surface area (Å²) in [6.45, 7) is 9.02. The number of benzene rings is 2. The first-order valence-electron chi connectivity index (χ1n) is 13.8. The van der Waals surface area contributed by atoms with Crippen molar-refractivity contribution in [1.29, 1.82) is 0 Å². The molecule has 41 heavy (non-hydrogen) atoms. The molecule has 3 aliphatic heterocycles. The molecule has 2 amide bonds. The van der Waals surface area contributed by atoms with Crippen LogP contribution in [-0.2, 0) is 23.9 Å². The second-order valence-corrected chi connectivity index (χ2v) is 10.9. The fraction of sp³-hybridized carbons (Fsp3) is 0.406. The number of aliphatic hydroxyl groups excluding tert-OH is 1. The molecule has 0 radical (unpaired) electrons. The smallest absolute Gasteiger partial charge is 0.313 e. The van der Waals surface area contributed by atoms with Gasteiger partial charge in [-0.15, -0.1) is 6.58 Å². The molecular formula is C32H36N2O7. The van der Waals surface area contributed by atoms with Gasteiger partial charge in [0.15, 0.2) is 0 Å². The number of esters is 1. The zero-order valence-electron chi connectivity index (χ0n) is 23.4. The Labute approximate surface area is 240 Å². The van der Waals surface area contributed by atoms with Gasteiger partial charge in [0.25, 0.3) is 5.91 Å². The van der Waals surface area contributed by atoms with E-state index in [1.54, 1.807) is 42.4 Å². The first kappa shape index (κ1) is 28.6. The van der Waals surface area contributed by atoms with E-state index in [1.807, 2.05) is 37.3 Å². The van der Waals surface area contributed by atoms with Gasteiger partial charge >= 0.3 is 5.97 Å². The largest absolute Gasteiger partial charge is 0.497 e. The topological polar surface area (TPSA) is 106 Å². The Morgan fingerprint density at radius 1 is 1.15 bits per heavy atom. The van der Waals surface area contributed by atoms with E-state index in [4.69, 9.17) is 14.2 Å². The van der Waals surface area contributed by atoms with E-state index in [1.165, 1.54) is 11.0 Å². The molecule has 5 rings (SSSR count). The molecule has 2 aromatic carbocycles. The minimum absolute atomic E-state index is 0.000734. The number of nitrogens with zero attached hydrogens (tertiary/aromatic N) is 2. The highest BCUT2D eigenvalue weighted by molar-refractivity contribution is 6.05. The molecule has 216 valence electrons. The maximum Gasteiger partial charge on any atom is 0.313 e. The van der Waals surface area contributed by atoms with Gasteiger partial charge in [0.05, 0.1) is 31.3 Å². The Hall–Kier alpha value is -3.95. The van der Waals surface area contributed by atoms with Gasteiger partial charge in [0.1, 0.15) is 29.9 Å². The molecule has 2 unspecified atom stereocenters. The minimum Gasteiger partial charge on any atom is -0.497 e. The Bertz CT molecular complexity index is 1330. The highest BCUT2D eigenvalue weighted by Gasteiger charge is 2.79. The molecule has 1 spiro atoms. The van der Waals surface area contributed by atoms with Crippen LogP contribution in [0.1, 0.15) is 31.4 Å². The van der Waals surface area contributed by atoms with Crippen LogP contribution in [-0.4, -0.2) is 71.9 Å². The van der Waals surface area contributed by atoms with Crippen LogP contribution in [0.4, 0.5) is 5.69 Å². The number of hydrogen-bond acceptors (Lipinski definition) is 7. The monoisotopic (exact) mass is 560 g/mol. The van der Waals surface area contributed by atoms with Gasteiger partial charge in [-0.2, -0.15) is 0 Å². The van der Waals surface area contributed by atoms with E-state index < -0.39 is 53.6 Å². The van der Waals surface area contributed by atoms with E-state index in [9.17, 15) is 19.5 Å². The number of ether oxygens (including phenoxy) is 3. The lowest BCUT2D eigenvalue weighted by Gasteiger charge is -2.39. The second kappa shape index (κ2) is 11.1. The molecule has 3 heterocycles. The number of carbonyl (C=O) groups is 3. The van der Waals surface area contributed by atoms with Gasteiger partial charge < -0.3 is 29.1 Å². The lowest BCUT2D eigenvalue weighted by Crippen LogP contribution is -2.57. The second-order valence-electron chi connectivity index (χ2n) is 10.9. The number of fused-ring (bicyclic) bond motifs is 1. The van der Waals surface area contributed by atoms with Crippen LogP contribution in [0.25, 0.3) is 0 Å². The van der Waals surface area contributed by atoms with Gasteiger partial charge in [-0.3, -0.25) is 14.4 Å². The van der Waals surface area contributed by atoms with Crippen LogP contribution < -0.4 is 9.64 Å². The predicted molar refractivity (Wildman–Crippen MR) is 152 cm³/mol. The molecule has 0 aliphatic carbocycles. The van der Waals surface area contributed by atoms with Crippen molar-refractivity contribution in [2.24, 2.45) is 11.8 Å². The summed E-state index contributed by atoms with van der Waals surface area (Å²) < 4.78 is 17.4. The summed E-state index contributed by atoms with van der Waals surface area (Å²) in [6.07, 6.45) is 3.96. The maximum absolute atomic E-state index is 14.7. The number of aliphatic hydroxyl groups is 1. The third-order valence-corrected chi connectivity index (χ3v) is 8.70. The van der Waals surface area contributed by atoms with E-state index in [2.05, 4.69) is 13.2 Å². The van der Waals surface area contributed by atoms with Gasteiger partial charge in [-0.05, 0) is 49.6 Å². The van der Waals surface area contributed by atoms with Crippen molar-refractivity contribution in [1.82, 2.24) is 4.90 Å². The highest BCUT2D eigenvalue weighted by atomic mass is 16.6.